The smallest absolute Gasteiger partial charge is 0.226 e. The van der Waals surface area contributed by atoms with Gasteiger partial charge in [-0.1, -0.05) is 32.9 Å². The van der Waals surface area contributed by atoms with Crippen LogP contribution < -0.4 is 0 Å². The number of aromatic nitrogens is 1. The lowest BCUT2D eigenvalue weighted by Gasteiger charge is -2.24. The first-order chi connectivity index (χ1) is 5.41. The van der Waals surface area contributed by atoms with E-state index in [1.54, 1.807) is 6.07 Å². The largest absolute Gasteiger partial charge is 0.344 e. The second-order valence-electron chi connectivity index (χ2n) is 4.14. The zero-order chi connectivity index (χ0) is 9.35. The van der Waals surface area contributed by atoms with Crippen LogP contribution in [0.25, 0.3) is 0 Å². The Hall–Kier alpha value is -0.500. The van der Waals surface area contributed by atoms with Crippen molar-refractivity contribution in [1.82, 2.24) is 5.16 Å². The standard InChI is InChI=1S/C9H14ClNO/c1-6(9(2,3)4)7-5-8(10)12-11-7/h5-6H,1-4H3. The van der Waals surface area contributed by atoms with Crippen molar-refractivity contribution in [2.75, 3.05) is 0 Å². The normalized spacial score (nSPS) is 14.8. The summed E-state index contributed by atoms with van der Waals surface area (Å²) in [7, 11) is 0. The highest BCUT2D eigenvalue weighted by Crippen LogP contribution is 2.34. The minimum atomic E-state index is 0.195. The van der Waals surface area contributed by atoms with Crippen molar-refractivity contribution in [3.63, 3.8) is 0 Å². The molecule has 0 aliphatic rings. The number of hydrogen-bond donors (Lipinski definition) is 0. The molecule has 0 spiro atoms. The number of nitrogens with zero attached hydrogens (tertiary/aromatic N) is 1. The van der Waals surface area contributed by atoms with Gasteiger partial charge in [0.25, 0.3) is 0 Å². The van der Waals surface area contributed by atoms with Crippen molar-refractivity contribution < 1.29 is 4.52 Å². The van der Waals surface area contributed by atoms with E-state index in [0.29, 0.717) is 11.1 Å². The Kier molecular flexibility index (Phi) is 2.47. The molecule has 1 aromatic heterocycles. The maximum atomic E-state index is 5.63. The third-order valence-electron chi connectivity index (χ3n) is 2.24. The first-order valence-corrected chi connectivity index (χ1v) is 4.41. The van der Waals surface area contributed by atoms with Gasteiger partial charge in [-0.3, -0.25) is 0 Å². The second kappa shape index (κ2) is 3.09. The average molecular weight is 188 g/mol. The van der Waals surface area contributed by atoms with Gasteiger partial charge in [-0.2, -0.15) is 0 Å². The molecule has 0 aliphatic carbocycles. The highest BCUT2D eigenvalue weighted by Gasteiger charge is 2.24. The first kappa shape index (κ1) is 9.59. The molecule has 1 atom stereocenters. The maximum absolute atomic E-state index is 5.63. The molecule has 0 bridgehead atoms. The van der Waals surface area contributed by atoms with Crippen molar-refractivity contribution in [1.29, 1.82) is 0 Å². The SMILES string of the molecule is CC(c1cc(Cl)on1)C(C)(C)C. The molecule has 0 saturated heterocycles. The monoisotopic (exact) mass is 187 g/mol. The van der Waals surface area contributed by atoms with E-state index in [0.717, 1.165) is 5.69 Å². The van der Waals surface area contributed by atoms with Gasteiger partial charge in [0.05, 0.1) is 5.69 Å². The summed E-state index contributed by atoms with van der Waals surface area (Å²) in [5.41, 5.74) is 1.12. The molecule has 0 fully saturated rings. The molecule has 1 heterocycles. The zero-order valence-corrected chi connectivity index (χ0v) is 8.64. The number of rotatable bonds is 1. The molecule has 12 heavy (non-hydrogen) atoms. The Balaban J connectivity index is 2.85. The fourth-order valence-corrected chi connectivity index (χ4v) is 1.06. The fraction of sp³-hybridized carbons (Fsp3) is 0.667. The van der Waals surface area contributed by atoms with Crippen molar-refractivity contribution >= 4 is 11.6 Å². The molecule has 0 radical (unpaired) electrons. The van der Waals surface area contributed by atoms with Crippen LogP contribution in [0.2, 0.25) is 5.22 Å². The number of hydrogen-bond acceptors (Lipinski definition) is 2. The Morgan fingerprint density at radius 2 is 2.08 bits per heavy atom. The summed E-state index contributed by atoms with van der Waals surface area (Å²) >= 11 is 5.63. The van der Waals surface area contributed by atoms with E-state index in [4.69, 9.17) is 16.1 Å². The summed E-state index contributed by atoms with van der Waals surface area (Å²) in [6.07, 6.45) is 0. The van der Waals surface area contributed by atoms with E-state index < -0.39 is 0 Å². The molecule has 1 aromatic rings. The van der Waals surface area contributed by atoms with E-state index >= 15 is 0 Å². The third kappa shape index (κ3) is 2.01. The summed E-state index contributed by atoms with van der Waals surface area (Å²) in [5, 5.41) is 4.24. The molecule has 1 unspecified atom stereocenters. The summed E-state index contributed by atoms with van der Waals surface area (Å²) < 4.78 is 4.80. The van der Waals surface area contributed by atoms with Gasteiger partial charge >= 0.3 is 0 Å². The highest BCUT2D eigenvalue weighted by atomic mass is 35.5. The fourth-order valence-electron chi connectivity index (χ4n) is 0.913. The van der Waals surface area contributed by atoms with Crippen LogP contribution in [-0.4, -0.2) is 5.16 Å². The van der Waals surface area contributed by atoms with Gasteiger partial charge in [0.1, 0.15) is 0 Å². The van der Waals surface area contributed by atoms with E-state index in [1.165, 1.54) is 0 Å². The van der Waals surface area contributed by atoms with E-state index in [1.807, 2.05) is 0 Å². The minimum absolute atomic E-state index is 0.195. The van der Waals surface area contributed by atoms with Gasteiger partial charge in [0, 0.05) is 12.0 Å². The Morgan fingerprint density at radius 3 is 2.42 bits per heavy atom. The maximum Gasteiger partial charge on any atom is 0.226 e. The lowest BCUT2D eigenvalue weighted by molar-refractivity contribution is 0.316. The Morgan fingerprint density at radius 1 is 1.50 bits per heavy atom. The van der Waals surface area contributed by atoms with Crippen LogP contribution in [0.3, 0.4) is 0 Å². The quantitative estimate of drug-likeness (QED) is 0.673. The van der Waals surface area contributed by atoms with Crippen LogP contribution in [0.4, 0.5) is 0 Å². The zero-order valence-electron chi connectivity index (χ0n) is 7.89. The van der Waals surface area contributed by atoms with Crippen molar-refractivity contribution in [2.45, 2.75) is 33.6 Å². The van der Waals surface area contributed by atoms with Crippen LogP contribution in [0.15, 0.2) is 10.6 Å². The molecule has 1 rings (SSSR count). The van der Waals surface area contributed by atoms with Crippen molar-refractivity contribution in [3.05, 3.63) is 17.0 Å². The molecular weight excluding hydrogens is 174 g/mol. The molecule has 68 valence electrons. The Labute approximate surface area is 77.9 Å². The molecular formula is C9H14ClNO. The summed E-state index contributed by atoms with van der Waals surface area (Å²) in [6, 6.07) is 1.78. The third-order valence-corrected chi connectivity index (χ3v) is 2.42. The van der Waals surface area contributed by atoms with Crippen LogP contribution >= 0.6 is 11.6 Å². The molecule has 0 N–H and O–H groups in total. The minimum Gasteiger partial charge on any atom is -0.344 e. The molecule has 0 saturated carbocycles. The highest BCUT2D eigenvalue weighted by molar-refractivity contribution is 6.28. The van der Waals surface area contributed by atoms with E-state index in [9.17, 15) is 0 Å². The number of halogens is 1. The van der Waals surface area contributed by atoms with Crippen LogP contribution in [0.5, 0.6) is 0 Å². The van der Waals surface area contributed by atoms with Crippen LogP contribution in [0.1, 0.15) is 39.3 Å². The Bertz CT molecular complexity index is 262. The predicted molar refractivity (Wildman–Crippen MR) is 49.4 cm³/mol. The summed E-state index contributed by atoms with van der Waals surface area (Å²) in [4.78, 5) is 0. The van der Waals surface area contributed by atoms with E-state index in [2.05, 4.69) is 32.9 Å². The summed E-state index contributed by atoms with van der Waals surface area (Å²) in [6.45, 7) is 8.62. The second-order valence-corrected chi connectivity index (χ2v) is 4.52. The van der Waals surface area contributed by atoms with Crippen molar-refractivity contribution in [3.8, 4) is 0 Å². The van der Waals surface area contributed by atoms with Gasteiger partial charge in [-0.05, 0) is 17.0 Å². The molecule has 0 aromatic carbocycles. The lowest BCUT2D eigenvalue weighted by atomic mass is 9.80. The van der Waals surface area contributed by atoms with Gasteiger partial charge in [-0.25, -0.2) is 0 Å². The predicted octanol–water partition coefficient (Wildman–Crippen LogP) is 3.48. The molecule has 3 heteroatoms. The van der Waals surface area contributed by atoms with Gasteiger partial charge in [-0.15, -0.1) is 0 Å². The van der Waals surface area contributed by atoms with Gasteiger partial charge < -0.3 is 4.52 Å². The topological polar surface area (TPSA) is 26.0 Å². The average Bonchev–Trinajstić information content (AvgIpc) is 2.32. The summed E-state index contributed by atoms with van der Waals surface area (Å²) in [5.74, 6) is 0.355. The van der Waals surface area contributed by atoms with Crippen LogP contribution in [0, 0.1) is 5.41 Å². The molecule has 0 amide bonds. The van der Waals surface area contributed by atoms with Gasteiger partial charge in [0.15, 0.2) is 0 Å². The van der Waals surface area contributed by atoms with E-state index in [-0.39, 0.29) is 5.41 Å². The van der Waals surface area contributed by atoms with Crippen molar-refractivity contribution in [2.24, 2.45) is 5.41 Å². The van der Waals surface area contributed by atoms with Crippen LogP contribution in [-0.2, 0) is 0 Å². The lowest BCUT2D eigenvalue weighted by Crippen LogP contribution is -2.15. The molecule has 0 aliphatic heterocycles. The molecule has 2 nitrogen and oxygen atoms in total. The van der Waals surface area contributed by atoms with Gasteiger partial charge in [0.2, 0.25) is 5.22 Å². The first-order valence-electron chi connectivity index (χ1n) is 4.03.